The molecule has 0 radical (unpaired) electrons. The Morgan fingerprint density at radius 2 is 0.662 bits per heavy atom. The molecule has 1 unspecified atom stereocenters. The lowest BCUT2D eigenvalue weighted by atomic mass is 10.1. The van der Waals surface area contributed by atoms with E-state index in [2.05, 4.69) is 154 Å². The van der Waals surface area contributed by atoms with Gasteiger partial charge in [0, 0.05) is 19.4 Å². The van der Waals surface area contributed by atoms with Gasteiger partial charge in [0.25, 0.3) is 0 Å². The van der Waals surface area contributed by atoms with E-state index in [4.69, 9.17) is 14.2 Å². The van der Waals surface area contributed by atoms with Crippen LogP contribution in [0.2, 0.25) is 0 Å². The summed E-state index contributed by atoms with van der Waals surface area (Å²) in [6.07, 6.45) is 81.8. The molecule has 0 aromatic carbocycles. The molecule has 384 valence electrons. The molecule has 0 saturated carbocycles. The van der Waals surface area contributed by atoms with Crippen LogP contribution >= 0.6 is 0 Å². The SMILES string of the molecule is CC/C=C\C/C=C\C/C=C\C/C=C\C/C=C\CCCCCCOCC(COC(=O)CCCCCCCCC/C=C\C/C=C\CCCCC)OC(=O)CCCC/C=C\C/C=C\C/C=C\C/C=C\CC. The van der Waals surface area contributed by atoms with Crippen LogP contribution in [0.4, 0.5) is 0 Å². The zero-order valence-electron chi connectivity index (χ0n) is 44.1. The van der Waals surface area contributed by atoms with Crippen LogP contribution in [0.1, 0.15) is 226 Å². The monoisotopic (exact) mass is 939 g/mol. The highest BCUT2D eigenvalue weighted by Gasteiger charge is 2.17. The molecule has 0 heterocycles. The van der Waals surface area contributed by atoms with Crippen LogP contribution in [0.15, 0.2) is 134 Å². The van der Waals surface area contributed by atoms with Crippen molar-refractivity contribution in [1.29, 1.82) is 0 Å². The zero-order valence-corrected chi connectivity index (χ0v) is 44.1. The highest BCUT2D eigenvalue weighted by molar-refractivity contribution is 5.70. The number of ether oxygens (including phenoxy) is 3. The van der Waals surface area contributed by atoms with Crippen LogP contribution in [0.25, 0.3) is 0 Å². The van der Waals surface area contributed by atoms with E-state index in [1.54, 1.807) is 0 Å². The first-order valence-corrected chi connectivity index (χ1v) is 27.7. The molecule has 0 N–H and O–H groups in total. The minimum absolute atomic E-state index is 0.0451. The van der Waals surface area contributed by atoms with E-state index in [0.29, 0.717) is 19.4 Å². The summed E-state index contributed by atoms with van der Waals surface area (Å²) in [7, 11) is 0. The molecule has 0 spiro atoms. The molecule has 1 atom stereocenters. The average Bonchev–Trinajstić information content (AvgIpc) is 3.34. The summed E-state index contributed by atoms with van der Waals surface area (Å²) in [5.41, 5.74) is 0. The number of rotatable bonds is 49. The Kier molecular flexibility index (Phi) is 54.0. The van der Waals surface area contributed by atoms with Crippen molar-refractivity contribution in [3.63, 3.8) is 0 Å². The van der Waals surface area contributed by atoms with Gasteiger partial charge in [-0.25, -0.2) is 0 Å². The molecule has 0 aromatic heterocycles. The molecule has 0 aliphatic carbocycles. The summed E-state index contributed by atoms with van der Waals surface area (Å²) in [5.74, 6) is -0.477. The second-order valence-corrected chi connectivity index (χ2v) is 17.7. The van der Waals surface area contributed by atoms with Crippen LogP contribution in [0, 0.1) is 0 Å². The zero-order chi connectivity index (χ0) is 49.2. The first-order chi connectivity index (χ1) is 33.6. The molecule has 0 saturated heterocycles. The first-order valence-electron chi connectivity index (χ1n) is 27.7. The van der Waals surface area contributed by atoms with Gasteiger partial charge in [0.15, 0.2) is 6.10 Å². The summed E-state index contributed by atoms with van der Waals surface area (Å²) < 4.78 is 17.4. The van der Waals surface area contributed by atoms with Gasteiger partial charge in [-0.2, -0.15) is 0 Å². The van der Waals surface area contributed by atoms with Crippen molar-refractivity contribution in [2.45, 2.75) is 232 Å². The van der Waals surface area contributed by atoms with Crippen LogP contribution < -0.4 is 0 Å². The molecule has 0 amide bonds. The Labute approximate surface area is 419 Å². The summed E-state index contributed by atoms with van der Waals surface area (Å²) in [6, 6.07) is 0. The van der Waals surface area contributed by atoms with Crippen LogP contribution in [0.5, 0.6) is 0 Å². The maximum atomic E-state index is 12.8. The van der Waals surface area contributed by atoms with Crippen molar-refractivity contribution in [1.82, 2.24) is 0 Å². The number of esters is 2. The van der Waals surface area contributed by atoms with Gasteiger partial charge >= 0.3 is 11.9 Å². The van der Waals surface area contributed by atoms with Gasteiger partial charge < -0.3 is 14.2 Å². The fourth-order valence-electron chi connectivity index (χ4n) is 7.09. The molecule has 0 aliphatic rings. The van der Waals surface area contributed by atoms with Crippen LogP contribution in [0.3, 0.4) is 0 Å². The van der Waals surface area contributed by atoms with Crippen LogP contribution in [-0.2, 0) is 23.8 Å². The number of hydrogen-bond acceptors (Lipinski definition) is 5. The van der Waals surface area contributed by atoms with Gasteiger partial charge in [-0.05, 0) is 135 Å². The number of carbonyl (C=O) groups excluding carboxylic acids is 2. The van der Waals surface area contributed by atoms with Crippen molar-refractivity contribution >= 4 is 11.9 Å². The summed E-state index contributed by atoms with van der Waals surface area (Å²) in [5, 5.41) is 0. The van der Waals surface area contributed by atoms with Gasteiger partial charge in [-0.3, -0.25) is 9.59 Å². The van der Waals surface area contributed by atoms with Gasteiger partial charge in [0.05, 0.1) is 6.61 Å². The molecule has 5 nitrogen and oxygen atoms in total. The van der Waals surface area contributed by atoms with Gasteiger partial charge in [0.1, 0.15) is 6.61 Å². The molecule has 0 rings (SSSR count). The van der Waals surface area contributed by atoms with Crippen molar-refractivity contribution in [3.05, 3.63) is 134 Å². The van der Waals surface area contributed by atoms with Crippen molar-refractivity contribution in [2.75, 3.05) is 19.8 Å². The Hall–Kier alpha value is -3.96. The van der Waals surface area contributed by atoms with Crippen molar-refractivity contribution in [2.24, 2.45) is 0 Å². The van der Waals surface area contributed by atoms with E-state index in [9.17, 15) is 9.59 Å². The fourth-order valence-corrected chi connectivity index (χ4v) is 7.09. The third-order valence-corrected chi connectivity index (χ3v) is 11.2. The highest BCUT2D eigenvalue weighted by atomic mass is 16.6. The molecule has 0 aliphatic heterocycles. The Bertz CT molecular complexity index is 1430. The molecular weight excluding hydrogens is 837 g/mol. The van der Waals surface area contributed by atoms with Crippen molar-refractivity contribution in [3.8, 4) is 0 Å². The number of carbonyl (C=O) groups is 2. The lowest BCUT2D eigenvalue weighted by Crippen LogP contribution is -2.30. The normalized spacial score (nSPS) is 13.3. The molecule has 68 heavy (non-hydrogen) atoms. The minimum atomic E-state index is -0.585. The largest absolute Gasteiger partial charge is 0.462 e. The smallest absolute Gasteiger partial charge is 0.306 e. The summed E-state index contributed by atoms with van der Waals surface area (Å²) >= 11 is 0. The second-order valence-electron chi connectivity index (χ2n) is 17.7. The molecule has 0 aromatic rings. The number of allylic oxidation sites excluding steroid dienone is 22. The van der Waals surface area contributed by atoms with Crippen molar-refractivity contribution < 1.29 is 23.8 Å². The van der Waals surface area contributed by atoms with Gasteiger partial charge in [-0.15, -0.1) is 0 Å². The van der Waals surface area contributed by atoms with E-state index in [-0.39, 0.29) is 25.2 Å². The molecule has 0 fully saturated rings. The topological polar surface area (TPSA) is 61.8 Å². The third kappa shape index (κ3) is 54.6. The Morgan fingerprint density at radius 3 is 1.09 bits per heavy atom. The lowest BCUT2D eigenvalue weighted by Gasteiger charge is -2.18. The molecule has 5 heteroatoms. The standard InChI is InChI=1S/C63H102O5/c1-4-7-10-13-16-19-22-25-28-30-31-32-34-37-40-43-46-49-52-55-58-66-59-61(68-63(65)57-54-51-48-45-42-39-35-27-24-21-18-15-12-9-6-3)60-67-62(64)56-53-50-47-44-41-38-36-33-29-26-23-20-17-14-11-8-5-2/h7,9-10,12,16-21,25-29,31-32,35,37,40,42,45,61H,4-6,8,11,13-15,22-24,30,33-34,36,38-39,41,43-44,46-60H2,1-3H3/b10-7-,12-9-,19-16-,20-17-,21-18-,28-25-,29-26-,32-31-,35-27-,40-37-,45-42-. The fraction of sp³-hybridized carbons (Fsp3) is 0.619. The quantitative estimate of drug-likeness (QED) is 0.0345. The molecule has 0 bridgehead atoms. The van der Waals surface area contributed by atoms with E-state index in [0.717, 1.165) is 135 Å². The second kappa shape index (κ2) is 57.4. The van der Waals surface area contributed by atoms with E-state index >= 15 is 0 Å². The van der Waals surface area contributed by atoms with E-state index in [1.807, 2.05) is 0 Å². The minimum Gasteiger partial charge on any atom is -0.462 e. The maximum absolute atomic E-state index is 12.8. The number of hydrogen-bond donors (Lipinski definition) is 0. The van der Waals surface area contributed by atoms with Gasteiger partial charge in [-0.1, -0.05) is 212 Å². The first kappa shape index (κ1) is 64.0. The third-order valence-electron chi connectivity index (χ3n) is 11.2. The summed E-state index contributed by atoms with van der Waals surface area (Å²) in [6.45, 7) is 7.45. The Morgan fingerprint density at radius 1 is 0.338 bits per heavy atom. The Balaban J connectivity index is 4.43. The predicted molar refractivity (Wildman–Crippen MR) is 297 cm³/mol. The average molecular weight is 940 g/mol. The number of unbranched alkanes of at least 4 members (excludes halogenated alkanes) is 16. The highest BCUT2D eigenvalue weighted by Crippen LogP contribution is 2.12. The summed E-state index contributed by atoms with van der Waals surface area (Å²) in [4.78, 5) is 25.5. The van der Waals surface area contributed by atoms with Crippen LogP contribution in [-0.4, -0.2) is 37.9 Å². The predicted octanol–water partition coefficient (Wildman–Crippen LogP) is 19.1. The molecular formula is C63H102O5. The van der Waals surface area contributed by atoms with Gasteiger partial charge in [0.2, 0.25) is 0 Å². The van der Waals surface area contributed by atoms with E-state index < -0.39 is 6.10 Å². The lowest BCUT2D eigenvalue weighted by molar-refractivity contribution is -0.163. The maximum Gasteiger partial charge on any atom is 0.306 e. The van der Waals surface area contributed by atoms with E-state index in [1.165, 1.54) is 57.8 Å².